The molecule has 0 unspecified atom stereocenters. The van der Waals surface area contributed by atoms with E-state index in [9.17, 15) is 19.5 Å². The highest BCUT2D eigenvalue weighted by molar-refractivity contribution is 5.77. The van der Waals surface area contributed by atoms with Crippen LogP contribution in [0.15, 0.2) is 22.7 Å². The molecule has 284 valence electrons. The van der Waals surface area contributed by atoms with E-state index in [0.717, 1.165) is 50.6 Å². The van der Waals surface area contributed by atoms with Crippen LogP contribution < -0.4 is 5.32 Å². The van der Waals surface area contributed by atoms with E-state index in [0.29, 0.717) is 48.3 Å². The van der Waals surface area contributed by atoms with Crippen LogP contribution in [0.2, 0.25) is 0 Å². The molecule has 0 aliphatic heterocycles. The smallest absolute Gasteiger partial charge is 0.306 e. The van der Waals surface area contributed by atoms with Gasteiger partial charge in [-0.1, -0.05) is 65.8 Å². The molecule has 0 saturated heterocycles. The number of hydrogen-bond acceptors (Lipinski definition) is 6. The number of rotatable bonds is 10. The maximum atomic E-state index is 13.7. The van der Waals surface area contributed by atoms with E-state index in [4.69, 9.17) is 9.26 Å². The van der Waals surface area contributed by atoms with Gasteiger partial charge in [0.05, 0.1) is 25.1 Å². The Labute approximate surface area is 306 Å². The van der Waals surface area contributed by atoms with E-state index in [-0.39, 0.29) is 57.9 Å². The van der Waals surface area contributed by atoms with Gasteiger partial charge in [-0.2, -0.15) is 0 Å². The molecule has 5 aliphatic rings. The summed E-state index contributed by atoms with van der Waals surface area (Å²) in [4.78, 5) is 38.3. The zero-order valence-corrected chi connectivity index (χ0v) is 33.1. The summed E-state index contributed by atoms with van der Waals surface area (Å²) in [6.45, 7) is 25.2. The van der Waals surface area contributed by atoms with Crippen LogP contribution in [-0.2, 0) is 25.7 Å². The quantitative estimate of drug-likeness (QED) is 0.184. The molecule has 0 bridgehead atoms. The second kappa shape index (κ2) is 13.0. The number of carbonyl (C=O) groups excluding carboxylic acids is 2. The van der Waals surface area contributed by atoms with Crippen LogP contribution in [0.25, 0.3) is 0 Å². The van der Waals surface area contributed by atoms with Crippen LogP contribution in [0, 0.1) is 69.0 Å². The highest BCUT2D eigenvalue weighted by Crippen LogP contribution is 2.78. The number of carbonyl (C=O) groups is 3. The van der Waals surface area contributed by atoms with Gasteiger partial charge in [0.1, 0.15) is 6.10 Å². The van der Waals surface area contributed by atoms with Gasteiger partial charge in [0.2, 0.25) is 5.91 Å². The van der Waals surface area contributed by atoms with E-state index < -0.39 is 11.4 Å². The van der Waals surface area contributed by atoms with Gasteiger partial charge < -0.3 is 19.7 Å². The average Bonchev–Trinajstić information content (AvgIpc) is 3.60. The van der Waals surface area contributed by atoms with Crippen molar-refractivity contribution in [3.8, 4) is 0 Å². The number of carboxylic acid groups (broad SMARTS) is 1. The Bertz CT molecular complexity index is 1540. The minimum atomic E-state index is -0.887. The first-order valence-corrected chi connectivity index (χ1v) is 19.9. The molecule has 8 heteroatoms. The SMILES string of the molecule is C=C(C)[C@@H]1CC[C@]2(CC(=O)NCc3cc(C)no3)CC[C@]3(C)[C@H](CC[C@@H]4[C@@]5(C)CC[C@H](OC(=O)CC(C)(C)CC(=O)O)C(C)(C)[C@@H]5CC[C@]43C)[C@@H]12. The standard InChI is InChI=1S/C43H66N2O6/c1-26(2)29-13-18-43(22-34(46)44-25-28-21-27(3)45-51-28)20-19-41(9)30(37(29)43)11-12-32-40(8)16-15-33(39(6,7)31(40)14-17-42(32,41)10)50-36(49)24-38(4,5)23-35(47)48/h21,29-33,37H,1,11-20,22-25H2,2-10H3,(H,44,46)(H,47,48)/t29-,30+,31-,32+,33-,37+,40-,41+,42+,43+/m0/s1. The van der Waals surface area contributed by atoms with Crippen molar-refractivity contribution in [3.05, 3.63) is 29.7 Å². The summed E-state index contributed by atoms with van der Waals surface area (Å²) >= 11 is 0. The molecule has 1 aromatic heterocycles. The summed E-state index contributed by atoms with van der Waals surface area (Å²) in [6, 6.07) is 1.89. The highest BCUT2D eigenvalue weighted by Gasteiger charge is 2.71. The molecule has 10 atom stereocenters. The first-order chi connectivity index (χ1) is 23.7. The van der Waals surface area contributed by atoms with E-state index in [1.165, 1.54) is 24.8 Å². The number of esters is 1. The number of fused-ring (bicyclic) bond motifs is 7. The third kappa shape index (κ3) is 6.40. The number of ether oxygens (including phenoxy) is 1. The maximum absolute atomic E-state index is 13.7. The molecule has 6 rings (SSSR count). The number of aliphatic carboxylic acids is 1. The van der Waals surface area contributed by atoms with Crippen LogP contribution in [0.3, 0.4) is 0 Å². The lowest BCUT2D eigenvalue weighted by Crippen LogP contribution is -2.67. The van der Waals surface area contributed by atoms with Gasteiger partial charge in [-0.3, -0.25) is 14.4 Å². The summed E-state index contributed by atoms with van der Waals surface area (Å²) in [5.41, 5.74) is 1.80. The topological polar surface area (TPSA) is 119 Å². The fourth-order valence-electron chi connectivity index (χ4n) is 13.9. The first-order valence-electron chi connectivity index (χ1n) is 19.9. The number of hydrogen-bond donors (Lipinski definition) is 2. The number of carboxylic acids is 1. The lowest BCUT2D eigenvalue weighted by molar-refractivity contribution is -0.250. The fourth-order valence-corrected chi connectivity index (χ4v) is 13.9. The Morgan fingerprint density at radius 3 is 2.33 bits per heavy atom. The zero-order chi connectivity index (χ0) is 37.4. The molecular formula is C43H66N2O6. The van der Waals surface area contributed by atoms with Crippen molar-refractivity contribution in [2.24, 2.45) is 62.1 Å². The van der Waals surface area contributed by atoms with Gasteiger partial charge in [0.25, 0.3) is 0 Å². The molecule has 8 nitrogen and oxygen atoms in total. The van der Waals surface area contributed by atoms with E-state index >= 15 is 0 Å². The Balaban J connectivity index is 1.21. The first kappa shape index (κ1) is 38.1. The molecule has 1 aromatic rings. The molecular weight excluding hydrogens is 640 g/mol. The van der Waals surface area contributed by atoms with Crippen molar-refractivity contribution in [1.29, 1.82) is 0 Å². The largest absolute Gasteiger partial charge is 0.481 e. The van der Waals surface area contributed by atoms with Crippen molar-refractivity contribution in [3.63, 3.8) is 0 Å². The predicted molar refractivity (Wildman–Crippen MR) is 197 cm³/mol. The summed E-state index contributed by atoms with van der Waals surface area (Å²) in [7, 11) is 0. The summed E-state index contributed by atoms with van der Waals surface area (Å²) < 4.78 is 11.6. The van der Waals surface area contributed by atoms with E-state index in [1.807, 2.05) is 26.8 Å². The van der Waals surface area contributed by atoms with Crippen LogP contribution in [0.5, 0.6) is 0 Å². The van der Waals surface area contributed by atoms with Gasteiger partial charge in [-0.05, 0) is 135 Å². The third-order valence-corrected chi connectivity index (χ3v) is 16.4. The molecule has 1 heterocycles. The number of aryl methyl sites for hydroxylation is 1. The monoisotopic (exact) mass is 706 g/mol. The Morgan fingerprint density at radius 2 is 1.69 bits per heavy atom. The number of amides is 1. The highest BCUT2D eigenvalue weighted by atomic mass is 16.5. The van der Waals surface area contributed by atoms with Crippen LogP contribution >= 0.6 is 0 Å². The van der Waals surface area contributed by atoms with Crippen LogP contribution in [0.4, 0.5) is 0 Å². The minimum Gasteiger partial charge on any atom is -0.481 e. The molecule has 5 saturated carbocycles. The molecule has 5 fully saturated rings. The van der Waals surface area contributed by atoms with Gasteiger partial charge in [-0.15, -0.1) is 0 Å². The zero-order valence-electron chi connectivity index (χ0n) is 33.1. The average molecular weight is 707 g/mol. The van der Waals surface area contributed by atoms with Gasteiger partial charge in [-0.25, -0.2) is 0 Å². The molecule has 1 amide bonds. The molecule has 0 aromatic carbocycles. The lowest BCUT2D eigenvalue weighted by atomic mass is 9.32. The Kier molecular flexibility index (Phi) is 9.74. The van der Waals surface area contributed by atoms with Crippen LogP contribution in [0.1, 0.15) is 150 Å². The molecule has 51 heavy (non-hydrogen) atoms. The van der Waals surface area contributed by atoms with Crippen molar-refractivity contribution in [1.82, 2.24) is 10.5 Å². The van der Waals surface area contributed by atoms with Crippen LogP contribution in [-0.4, -0.2) is 34.2 Å². The lowest BCUT2D eigenvalue weighted by Gasteiger charge is -2.73. The second-order valence-electron chi connectivity index (χ2n) is 20.2. The number of allylic oxidation sites excluding steroid dienone is 1. The van der Waals surface area contributed by atoms with Crippen molar-refractivity contribution < 1.29 is 28.8 Å². The van der Waals surface area contributed by atoms with Gasteiger partial charge in [0, 0.05) is 17.9 Å². The number of aromatic nitrogens is 1. The minimum absolute atomic E-state index is 0.00245. The Hall–Kier alpha value is -2.64. The Morgan fingerprint density at radius 1 is 0.961 bits per heavy atom. The summed E-state index contributed by atoms with van der Waals surface area (Å²) in [5, 5.41) is 16.5. The third-order valence-electron chi connectivity index (χ3n) is 16.4. The normalized spacial score (nSPS) is 39.9. The predicted octanol–water partition coefficient (Wildman–Crippen LogP) is 9.45. The van der Waals surface area contributed by atoms with Gasteiger partial charge in [0.15, 0.2) is 5.76 Å². The molecule has 0 spiro atoms. The summed E-state index contributed by atoms with van der Waals surface area (Å²) in [5.74, 6) is 2.16. The van der Waals surface area contributed by atoms with Crippen molar-refractivity contribution >= 4 is 17.8 Å². The number of nitrogens with zero attached hydrogens (tertiary/aromatic N) is 1. The molecule has 2 N–H and O–H groups in total. The molecule has 5 aliphatic carbocycles. The van der Waals surface area contributed by atoms with Crippen molar-refractivity contribution in [2.45, 2.75) is 158 Å². The van der Waals surface area contributed by atoms with E-state index in [1.54, 1.807) is 0 Å². The maximum Gasteiger partial charge on any atom is 0.306 e. The number of nitrogens with one attached hydrogen (secondary N) is 1. The van der Waals surface area contributed by atoms with Crippen molar-refractivity contribution in [2.75, 3.05) is 0 Å². The molecule has 0 radical (unpaired) electrons. The van der Waals surface area contributed by atoms with E-state index in [2.05, 4.69) is 58.6 Å². The summed E-state index contributed by atoms with van der Waals surface area (Å²) in [6.07, 6.45) is 11.6. The van der Waals surface area contributed by atoms with Gasteiger partial charge >= 0.3 is 11.9 Å². The second-order valence-corrected chi connectivity index (χ2v) is 20.2. The fraction of sp³-hybridized carbons (Fsp3) is 0.814.